The van der Waals surface area contributed by atoms with Crippen LogP contribution in [0.25, 0.3) is 32.6 Å². The number of thiazole rings is 1. The lowest BCUT2D eigenvalue weighted by atomic mass is 9.84. The van der Waals surface area contributed by atoms with Gasteiger partial charge in [0.15, 0.2) is 16.8 Å². The molecule has 2 unspecified atom stereocenters. The first-order valence-corrected chi connectivity index (χ1v) is 11.8. The maximum absolute atomic E-state index is 14.6. The number of halogens is 1. The molecule has 0 spiro atoms. The molecule has 0 aliphatic carbocycles. The molecule has 4 aromatic rings. The van der Waals surface area contributed by atoms with Gasteiger partial charge in [-0.15, -0.1) is 0 Å². The van der Waals surface area contributed by atoms with E-state index >= 15 is 0 Å². The van der Waals surface area contributed by atoms with Gasteiger partial charge < -0.3 is 10.2 Å². The summed E-state index contributed by atoms with van der Waals surface area (Å²) in [5.41, 5.74) is 2.18. The van der Waals surface area contributed by atoms with Crippen LogP contribution in [0.2, 0.25) is 0 Å². The first-order valence-electron chi connectivity index (χ1n) is 11.0. The molecule has 0 saturated carbocycles. The quantitative estimate of drug-likeness (QED) is 0.501. The number of aromatic nitrogens is 5. The summed E-state index contributed by atoms with van der Waals surface area (Å²) in [6, 6.07) is 3.77. The highest BCUT2D eigenvalue weighted by molar-refractivity contribution is 7.21. The summed E-state index contributed by atoms with van der Waals surface area (Å²) in [5.74, 6) is 0.133. The summed E-state index contributed by atoms with van der Waals surface area (Å²) in [6.45, 7) is 4.68. The van der Waals surface area contributed by atoms with Gasteiger partial charge in [0.2, 0.25) is 0 Å². The summed E-state index contributed by atoms with van der Waals surface area (Å²) < 4.78 is 16.2. The maximum atomic E-state index is 14.6. The fourth-order valence-electron chi connectivity index (χ4n) is 5.61. The molecule has 1 N–H and O–H groups in total. The summed E-state index contributed by atoms with van der Waals surface area (Å²) in [7, 11) is 3.92. The number of rotatable bonds is 3. The molecular formula is C23H26FN7S. The van der Waals surface area contributed by atoms with E-state index in [1.807, 2.05) is 6.07 Å². The Morgan fingerprint density at radius 1 is 1.19 bits per heavy atom. The van der Waals surface area contributed by atoms with Crippen LogP contribution in [-0.2, 0) is 7.05 Å². The van der Waals surface area contributed by atoms with E-state index in [1.54, 1.807) is 35.5 Å². The van der Waals surface area contributed by atoms with Crippen LogP contribution >= 0.6 is 11.3 Å². The molecule has 2 aliphatic heterocycles. The summed E-state index contributed by atoms with van der Waals surface area (Å²) in [5, 5.41) is 9.71. The highest BCUT2D eigenvalue weighted by Gasteiger charge is 2.49. The van der Waals surface area contributed by atoms with Crippen LogP contribution in [0.5, 0.6) is 0 Å². The Hall–Kier alpha value is -2.65. The third-order valence-electron chi connectivity index (χ3n) is 7.13. The Balaban J connectivity index is 1.33. The lowest BCUT2D eigenvalue weighted by Gasteiger charge is -2.45. The Kier molecular flexibility index (Phi) is 4.17. The van der Waals surface area contributed by atoms with Crippen LogP contribution in [-0.4, -0.2) is 48.9 Å². The number of anilines is 1. The molecule has 9 heteroatoms. The van der Waals surface area contributed by atoms with Gasteiger partial charge in [-0.1, -0.05) is 11.3 Å². The van der Waals surface area contributed by atoms with E-state index in [1.165, 1.54) is 18.9 Å². The third kappa shape index (κ3) is 3.17. The van der Waals surface area contributed by atoms with Crippen molar-refractivity contribution >= 4 is 37.7 Å². The van der Waals surface area contributed by atoms with Gasteiger partial charge in [-0.05, 0) is 51.7 Å². The predicted octanol–water partition coefficient (Wildman–Crippen LogP) is 4.28. The largest absolute Gasteiger partial charge is 0.348 e. The van der Waals surface area contributed by atoms with Gasteiger partial charge in [0.25, 0.3) is 0 Å². The number of aryl methyl sites for hydroxylation is 1. The van der Waals surface area contributed by atoms with Crippen LogP contribution in [0, 0.1) is 5.82 Å². The van der Waals surface area contributed by atoms with E-state index in [4.69, 9.17) is 9.97 Å². The molecule has 7 nitrogen and oxygen atoms in total. The minimum absolute atomic E-state index is 0.199. The molecule has 3 atom stereocenters. The molecule has 166 valence electrons. The highest BCUT2D eigenvalue weighted by atomic mass is 32.1. The van der Waals surface area contributed by atoms with Gasteiger partial charge in [-0.25, -0.2) is 19.3 Å². The van der Waals surface area contributed by atoms with E-state index in [0.717, 1.165) is 33.7 Å². The highest BCUT2D eigenvalue weighted by Crippen LogP contribution is 2.44. The lowest BCUT2D eigenvalue weighted by Crippen LogP contribution is -2.58. The Morgan fingerprint density at radius 2 is 1.94 bits per heavy atom. The molecule has 32 heavy (non-hydrogen) atoms. The fourth-order valence-corrected chi connectivity index (χ4v) is 6.55. The van der Waals surface area contributed by atoms with Crippen molar-refractivity contribution in [1.29, 1.82) is 0 Å². The van der Waals surface area contributed by atoms with Crippen LogP contribution in [0.15, 0.2) is 24.5 Å². The second-order valence-electron chi connectivity index (χ2n) is 10.00. The van der Waals surface area contributed by atoms with Crippen molar-refractivity contribution in [3.8, 4) is 11.4 Å². The van der Waals surface area contributed by atoms with E-state index in [9.17, 15) is 4.39 Å². The Bertz CT molecular complexity index is 1350. The van der Waals surface area contributed by atoms with Gasteiger partial charge >= 0.3 is 0 Å². The van der Waals surface area contributed by atoms with E-state index in [-0.39, 0.29) is 16.9 Å². The molecular weight excluding hydrogens is 425 g/mol. The van der Waals surface area contributed by atoms with Crippen LogP contribution in [0.3, 0.4) is 0 Å². The van der Waals surface area contributed by atoms with Gasteiger partial charge in [-0.2, -0.15) is 5.10 Å². The fraction of sp³-hybridized carbons (Fsp3) is 0.478. The molecule has 0 radical (unpaired) electrons. The molecule has 2 bridgehead atoms. The zero-order chi connectivity index (χ0) is 22.3. The summed E-state index contributed by atoms with van der Waals surface area (Å²) in [6.07, 6.45) is 8.20. The Labute approximate surface area is 189 Å². The lowest BCUT2D eigenvalue weighted by molar-refractivity contribution is 0.208. The predicted molar refractivity (Wildman–Crippen MR) is 125 cm³/mol. The first-order chi connectivity index (χ1) is 15.2. The number of piperidine rings is 1. The molecule has 5 heterocycles. The normalized spacial score (nSPS) is 27.5. The second kappa shape index (κ2) is 6.68. The van der Waals surface area contributed by atoms with Gasteiger partial charge in [-0.3, -0.25) is 4.68 Å². The number of fused-ring (bicyclic) bond motifs is 4. The van der Waals surface area contributed by atoms with Gasteiger partial charge in [0.1, 0.15) is 15.9 Å². The average molecular weight is 452 g/mol. The molecule has 0 amide bonds. The number of hydrogen-bond donors (Lipinski definition) is 1. The smallest absolute Gasteiger partial charge is 0.187 e. The average Bonchev–Trinajstić information content (AvgIpc) is 3.39. The van der Waals surface area contributed by atoms with E-state index in [0.29, 0.717) is 22.9 Å². The van der Waals surface area contributed by atoms with E-state index < -0.39 is 0 Å². The topological polar surface area (TPSA) is 71.8 Å². The third-order valence-corrected chi connectivity index (χ3v) is 8.18. The first kappa shape index (κ1) is 20.0. The van der Waals surface area contributed by atoms with Crippen molar-refractivity contribution in [3.63, 3.8) is 0 Å². The minimum atomic E-state index is -0.367. The summed E-state index contributed by atoms with van der Waals surface area (Å²) >= 11 is 1.57. The molecule has 2 fully saturated rings. The van der Waals surface area contributed by atoms with Crippen LogP contribution < -0.4 is 10.2 Å². The molecule has 6 rings (SSSR count). The van der Waals surface area contributed by atoms with Crippen molar-refractivity contribution in [3.05, 3.63) is 30.3 Å². The summed E-state index contributed by atoms with van der Waals surface area (Å²) in [4.78, 5) is 17.2. The van der Waals surface area contributed by atoms with Crippen molar-refractivity contribution in [2.45, 2.75) is 56.7 Å². The molecule has 1 aromatic carbocycles. The van der Waals surface area contributed by atoms with Crippen molar-refractivity contribution in [2.24, 2.45) is 7.05 Å². The maximum Gasteiger partial charge on any atom is 0.187 e. The van der Waals surface area contributed by atoms with Crippen LogP contribution in [0.4, 0.5) is 9.52 Å². The second-order valence-corrected chi connectivity index (χ2v) is 11.0. The zero-order valence-corrected chi connectivity index (χ0v) is 19.5. The monoisotopic (exact) mass is 451 g/mol. The van der Waals surface area contributed by atoms with Gasteiger partial charge in [0, 0.05) is 48.4 Å². The number of nitrogens with one attached hydrogen (secondary N) is 1. The molecule has 2 saturated heterocycles. The Morgan fingerprint density at radius 3 is 2.69 bits per heavy atom. The van der Waals surface area contributed by atoms with E-state index in [2.05, 4.69) is 41.2 Å². The molecule has 2 aliphatic rings. The standard InChI is InChI=1S/C23H26FN7S/c1-22-5-6-23(2,29-22)10-15(9-22)31(4)21-26-17-11-25-19(27-20(17)32-21)13-7-14-12-30(3)28-18(14)16(24)8-13/h7-8,11-12,15,29H,5-6,9-10H2,1-4H3/t15?,22-,23?/m1/s1. The number of nitrogens with zero attached hydrogens (tertiary/aromatic N) is 6. The zero-order valence-electron chi connectivity index (χ0n) is 18.7. The van der Waals surface area contributed by atoms with Crippen molar-refractivity contribution in [1.82, 2.24) is 30.0 Å². The number of benzene rings is 1. The minimum Gasteiger partial charge on any atom is -0.348 e. The van der Waals surface area contributed by atoms with Gasteiger partial charge in [0.05, 0.1) is 6.20 Å². The molecule has 3 aromatic heterocycles. The SMILES string of the molecule is CN(c1nc2cnc(-c3cc(F)c4nn(C)cc4c3)nc2s1)C1CC2(C)CC[C@](C)(C1)N2. The van der Waals surface area contributed by atoms with Crippen molar-refractivity contribution in [2.75, 3.05) is 11.9 Å². The van der Waals surface area contributed by atoms with Crippen molar-refractivity contribution < 1.29 is 4.39 Å². The van der Waals surface area contributed by atoms with Crippen LogP contribution in [0.1, 0.15) is 39.5 Å². The number of hydrogen-bond acceptors (Lipinski definition) is 7.